The van der Waals surface area contributed by atoms with Crippen LogP contribution in [0.15, 0.2) is 40.0 Å². The van der Waals surface area contributed by atoms with Crippen LogP contribution in [0.4, 0.5) is 0 Å². The van der Waals surface area contributed by atoms with Gasteiger partial charge in [0, 0.05) is 5.70 Å². The van der Waals surface area contributed by atoms with Gasteiger partial charge in [-0.2, -0.15) is 0 Å². The fourth-order valence-electron chi connectivity index (χ4n) is 2.20. The Kier molecular flexibility index (Phi) is 3.18. The highest BCUT2D eigenvalue weighted by Crippen LogP contribution is 2.12. The lowest BCUT2D eigenvalue weighted by molar-refractivity contribution is 0.301. The second kappa shape index (κ2) is 4.71. The van der Waals surface area contributed by atoms with Crippen molar-refractivity contribution in [3.63, 3.8) is 0 Å². The van der Waals surface area contributed by atoms with Crippen LogP contribution in [0.1, 0.15) is 11.1 Å². The van der Waals surface area contributed by atoms with Gasteiger partial charge in [-0.25, -0.2) is 0 Å². The van der Waals surface area contributed by atoms with Gasteiger partial charge < -0.3 is 21.5 Å². The Labute approximate surface area is 117 Å². The summed E-state index contributed by atoms with van der Waals surface area (Å²) in [7, 11) is 0. The van der Waals surface area contributed by atoms with E-state index in [1.807, 2.05) is 0 Å². The van der Waals surface area contributed by atoms with E-state index in [1.54, 1.807) is 0 Å². The highest BCUT2D eigenvalue weighted by atomic mass is 16.4. The zero-order valence-electron chi connectivity index (χ0n) is 10.8. The number of hydrogen-bond donors (Lipinski definition) is 4. The molecule has 21 heavy (non-hydrogen) atoms. The van der Waals surface area contributed by atoms with Crippen LogP contribution < -0.4 is 27.3 Å². The van der Waals surface area contributed by atoms with Gasteiger partial charge in [0.2, 0.25) is 5.43 Å². The predicted molar refractivity (Wildman–Crippen MR) is 74.7 cm³/mol. The van der Waals surface area contributed by atoms with Crippen LogP contribution >= 0.6 is 0 Å². The summed E-state index contributed by atoms with van der Waals surface area (Å²) in [6.07, 6.45) is 0. The third-order valence-electron chi connectivity index (χ3n) is 3.06. The van der Waals surface area contributed by atoms with E-state index in [9.17, 15) is 14.7 Å². The summed E-state index contributed by atoms with van der Waals surface area (Å²) < 4.78 is 0. The van der Waals surface area contributed by atoms with Crippen molar-refractivity contribution in [2.24, 2.45) is 10.9 Å². The Bertz CT molecular complexity index is 1060. The standard InChI is InChI=1S/C14H11N3O4/c1-5(15)9-10(6(2)18)14(20)11-7(16)3-4-8(17-21)12(11)13(9)19/h3-4,16,18,21H,1-2,15H2. The topological polar surface area (TPSA) is 137 Å². The molecule has 0 unspecified atom stereocenters. The van der Waals surface area contributed by atoms with Gasteiger partial charge in [-0.1, -0.05) is 18.3 Å². The van der Waals surface area contributed by atoms with E-state index in [-0.39, 0.29) is 32.4 Å². The van der Waals surface area contributed by atoms with Crippen LogP contribution in [0, 0.1) is 15.8 Å². The molecule has 0 fully saturated rings. The van der Waals surface area contributed by atoms with E-state index in [4.69, 9.17) is 16.4 Å². The molecule has 106 valence electrons. The van der Waals surface area contributed by atoms with Crippen molar-refractivity contribution in [3.05, 3.63) is 78.0 Å². The molecule has 0 spiro atoms. The molecule has 0 atom stereocenters. The number of aliphatic hydroxyl groups excluding tert-OH is 1. The molecule has 0 aromatic heterocycles. The molecule has 0 saturated carbocycles. The minimum Gasteiger partial charge on any atom is -0.508 e. The number of hydrogen-bond acceptors (Lipinski definition) is 7. The molecule has 7 heteroatoms. The summed E-state index contributed by atoms with van der Waals surface area (Å²) in [6.45, 7) is 6.64. The Balaban J connectivity index is 3.50. The van der Waals surface area contributed by atoms with Gasteiger partial charge in [0.15, 0.2) is 5.43 Å². The SMILES string of the molecule is C=C(O)c1c(C(=C)N)c(=O)c2c(=NO)ccc(=N)c=2c1=O. The normalized spacial score (nSPS) is 11.7. The second-order valence-corrected chi connectivity index (χ2v) is 4.36. The lowest BCUT2D eigenvalue weighted by Crippen LogP contribution is -2.33. The first-order chi connectivity index (χ1) is 9.81. The van der Waals surface area contributed by atoms with Crippen LogP contribution in [0.3, 0.4) is 0 Å². The molecule has 0 aromatic carbocycles. The smallest absolute Gasteiger partial charge is 0.200 e. The summed E-state index contributed by atoms with van der Waals surface area (Å²) in [6, 6.07) is 2.43. The van der Waals surface area contributed by atoms with Crippen LogP contribution in [0.5, 0.6) is 0 Å². The average molecular weight is 285 g/mol. The molecule has 2 rings (SSSR count). The maximum atomic E-state index is 12.5. The number of nitrogens with one attached hydrogen (secondary N) is 1. The van der Waals surface area contributed by atoms with E-state index < -0.39 is 22.2 Å². The Hall–Kier alpha value is -3.22. The third-order valence-corrected chi connectivity index (χ3v) is 3.06. The number of nitrogens with two attached hydrogens (primary N) is 1. The highest BCUT2D eigenvalue weighted by Gasteiger charge is 2.19. The third kappa shape index (κ3) is 1.91. The number of rotatable bonds is 2. The summed E-state index contributed by atoms with van der Waals surface area (Å²) in [5, 5.41) is 28.3. The molecular formula is C14H11N3O4. The zero-order valence-corrected chi connectivity index (χ0v) is 10.8. The molecular weight excluding hydrogens is 274 g/mol. The molecule has 0 aromatic rings. The molecule has 0 bridgehead atoms. The average Bonchev–Trinajstić information content (AvgIpc) is 2.41. The van der Waals surface area contributed by atoms with E-state index in [1.165, 1.54) is 12.1 Å². The van der Waals surface area contributed by atoms with Crippen LogP contribution in [0.25, 0.3) is 11.5 Å². The molecule has 2 aliphatic carbocycles. The monoisotopic (exact) mass is 285 g/mol. The first kappa shape index (κ1) is 14.2. The summed E-state index contributed by atoms with van der Waals surface area (Å²) in [4.78, 5) is 24.9. The van der Waals surface area contributed by atoms with Crippen molar-refractivity contribution in [2.45, 2.75) is 0 Å². The summed E-state index contributed by atoms with van der Waals surface area (Å²) in [5.41, 5.74) is 3.02. The first-order valence-electron chi connectivity index (χ1n) is 5.71. The fourth-order valence-corrected chi connectivity index (χ4v) is 2.20. The quantitative estimate of drug-likeness (QED) is 0.326. The van der Waals surface area contributed by atoms with E-state index >= 15 is 0 Å². The highest BCUT2D eigenvalue weighted by molar-refractivity contribution is 5.73. The molecule has 0 amide bonds. The van der Waals surface area contributed by atoms with Gasteiger partial charge in [0.05, 0.1) is 26.9 Å². The summed E-state index contributed by atoms with van der Waals surface area (Å²) in [5.74, 6) is -0.647. The fraction of sp³-hybridized carbons (Fsp3) is 0. The van der Waals surface area contributed by atoms with Crippen molar-refractivity contribution in [1.29, 1.82) is 5.41 Å². The predicted octanol–water partition coefficient (Wildman–Crippen LogP) is -0.765. The van der Waals surface area contributed by atoms with E-state index in [0.29, 0.717) is 0 Å². The summed E-state index contributed by atoms with van der Waals surface area (Å²) >= 11 is 0. The molecule has 0 aliphatic heterocycles. The molecule has 0 heterocycles. The Morgan fingerprint density at radius 3 is 2.19 bits per heavy atom. The van der Waals surface area contributed by atoms with Crippen molar-refractivity contribution in [1.82, 2.24) is 0 Å². The zero-order chi connectivity index (χ0) is 15.9. The van der Waals surface area contributed by atoms with Gasteiger partial charge >= 0.3 is 0 Å². The van der Waals surface area contributed by atoms with Crippen molar-refractivity contribution in [3.8, 4) is 0 Å². The van der Waals surface area contributed by atoms with Gasteiger partial charge in [-0.15, -0.1) is 0 Å². The van der Waals surface area contributed by atoms with Crippen molar-refractivity contribution < 1.29 is 10.3 Å². The molecule has 2 aliphatic rings. The maximum absolute atomic E-state index is 12.5. The first-order valence-corrected chi connectivity index (χ1v) is 5.71. The van der Waals surface area contributed by atoms with Crippen LogP contribution in [0.2, 0.25) is 0 Å². The minimum absolute atomic E-state index is 0.166. The van der Waals surface area contributed by atoms with Gasteiger partial charge in [-0.3, -0.25) is 9.59 Å². The van der Waals surface area contributed by atoms with Gasteiger partial charge in [-0.05, 0) is 12.1 Å². The number of aliphatic hydroxyl groups is 1. The van der Waals surface area contributed by atoms with E-state index in [0.717, 1.165) is 0 Å². The molecule has 7 nitrogen and oxygen atoms in total. The largest absolute Gasteiger partial charge is 0.508 e. The van der Waals surface area contributed by atoms with Crippen LogP contribution in [-0.2, 0) is 0 Å². The van der Waals surface area contributed by atoms with Crippen LogP contribution in [-0.4, -0.2) is 10.3 Å². The van der Waals surface area contributed by atoms with Gasteiger partial charge in [0.25, 0.3) is 0 Å². The lowest BCUT2D eigenvalue weighted by atomic mass is 9.98. The Morgan fingerprint density at radius 2 is 1.71 bits per heavy atom. The van der Waals surface area contributed by atoms with Crippen molar-refractivity contribution in [2.75, 3.05) is 0 Å². The van der Waals surface area contributed by atoms with E-state index in [2.05, 4.69) is 18.3 Å². The molecule has 0 radical (unpaired) electrons. The maximum Gasteiger partial charge on any atom is 0.200 e. The van der Waals surface area contributed by atoms with Gasteiger partial charge in [0.1, 0.15) is 11.1 Å². The lowest BCUT2D eigenvalue weighted by Gasteiger charge is -2.07. The van der Waals surface area contributed by atoms with Crippen molar-refractivity contribution >= 4 is 11.5 Å². The Morgan fingerprint density at radius 1 is 1.14 bits per heavy atom. The molecule has 0 saturated heterocycles. The second-order valence-electron chi connectivity index (χ2n) is 4.36. The molecule has 5 N–H and O–H groups in total. The minimum atomic E-state index is -0.797. The number of nitrogens with zero attached hydrogens (tertiary/aromatic N) is 1.